The molecule has 1 atom stereocenters. The second kappa shape index (κ2) is 11.8. The molecule has 1 heterocycles. The molecule has 30 heavy (non-hydrogen) atoms. The minimum atomic E-state index is -1.63. The normalized spacial score (nSPS) is 17.8. The summed E-state index contributed by atoms with van der Waals surface area (Å²) < 4.78 is 45.7. The van der Waals surface area contributed by atoms with Crippen molar-refractivity contribution >= 4 is 17.6 Å². The number of anilines is 1. The van der Waals surface area contributed by atoms with Gasteiger partial charge in [0.15, 0.2) is 23.4 Å². The van der Waals surface area contributed by atoms with Gasteiger partial charge in [0.25, 0.3) is 0 Å². The molecule has 1 aromatic rings. The van der Waals surface area contributed by atoms with Crippen molar-refractivity contribution in [3.8, 4) is 0 Å². The second-order valence-corrected chi connectivity index (χ2v) is 7.49. The monoisotopic (exact) mass is 429 g/mol. The van der Waals surface area contributed by atoms with Crippen LogP contribution in [0.2, 0.25) is 0 Å². The Morgan fingerprint density at radius 1 is 1.27 bits per heavy atom. The largest absolute Gasteiger partial charge is 0.374 e. The molecule has 1 saturated heterocycles. The van der Waals surface area contributed by atoms with Gasteiger partial charge in [-0.1, -0.05) is 13.8 Å². The van der Waals surface area contributed by atoms with Crippen LogP contribution in [0.25, 0.3) is 0 Å². The van der Waals surface area contributed by atoms with Crippen molar-refractivity contribution in [2.24, 2.45) is 10.9 Å². The van der Waals surface area contributed by atoms with Crippen LogP contribution in [0.1, 0.15) is 20.8 Å². The molecular formula is C20H30F3N5O2. The zero-order chi connectivity index (χ0) is 22.1. The number of nitrogens with one attached hydrogen (secondary N) is 3. The zero-order valence-corrected chi connectivity index (χ0v) is 17.6. The SMILES string of the molecule is CCNC(=NCC(=O)Nc1ccc(F)c(F)c1F)NCC1CN(CC(C)C)CCO1. The Labute approximate surface area is 175 Å². The maximum absolute atomic E-state index is 13.7. The number of carbonyl (C=O) groups excluding carboxylic acids is 1. The van der Waals surface area contributed by atoms with Crippen molar-refractivity contribution in [2.45, 2.75) is 26.9 Å². The van der Waals surface area contributed by atoms with Gasteiger partial charge >= 0.3 is 0 Å². The van der Waals surface area contributed by atoms with Crippen LogP contribution >= 0.6 is 0 Å². The summed E-state index contributed by atoms with van der Waals surface area (Å²) in [5.41, 5.74) is -0.437. The van der Waals surface area contributed by atoms with Gasteiger partial charge in [-0.3, -0.25) is 9.69 Å². The van der Waals surface area contributed by atoms with E-state index in [4.69, 9.17) is 4.74 Å². The summed E-state index contributed by atoms with van der Waals surface area (Å²) in [6.45, 7) is 10.4. The van der Waals surface area contributed by atoms with E-state index >= 15 is 0 Å². The molecule has 1 unspecified atom stereocenters. The summed E-state index contributed by atoms with van der Waals surface area (Å²) in [5, 5.41) is 8.34. The third-order valence-electron chi connectivity index (χ3n) is 4.38. The van der Waals surface area contributed by atoms with E-state index in [2.05, 4.69) is 39.7 Å². The topological polar surface area (TPSA) is 78.0 Å². The van der Waals surface area contributed by atoms with Gasteiger partial charge in [-0.05, 0) is 25.0 Å². The molecule has 0 spiro atoms. The fraction of sp³-hybridized carbons (Fsp3) is 0.600. The molecule has 1 aliphatic rings. The summed E-state index contributed by atoms with van der Waals surface area (Å²) in [7, 11) is 0. The van der Waals surface area contributed by atoms with E-state index in [0.29, 0.717) is 31.6 Å². The molecule has 1 amide bonds. The number of hydrogen-bond donors (Lipinski definition) is 3. The number of ether oxygens (including phenoxy) is 1. The lowest BCUT2D eigenvalue weighted by molar-refractivity contribution is -0.114. The minimum Gasteiger partial charge on any atom is -0.374 e. The van der Waals surface area contributed by atoms with Gasteiger partial charge in [-0.15, -0.1) is 0 Å². The van der Waals surface area contributed by atoms with Crippen LogP contribution in [-0.2, 0) is 9.53 Å². The number of rotatable bonds is 8. The van der Waals surface area contributed by atoms with E-state index in [1.165, 1.54) is 0 Å². The summed E-state index contributed by atoms with van der Waals surface area (Å²) in [4.78, 5) is 18.5. The van der Waals surface area contributed by atoms with Gasteiger partial charge in [-0.25, -0.2) is 18.2 Å². The van der Waals surface area contributed by atoms with E-state index in [1.807, 2.05) is 6.92 Å². The highest BCUT2D eigenvalue weighted by atomic mass is 19.2. The highest BCUT2D eigenvalue weighted by Gasteiger charge is 2.21. The van der Waals surface area contributed by atoms with E-state index in [1.54, 1.807) is 0 Å². The number of benzene rings is 1. The number of halogens is 3. The molecule has 1 aromatic carbocycles. The minimum absolute atomic E-state index is 0.00790. The van der Waals surface area contributed by atoms with Crippen LogP contribution in [0.3, 0.4) is 0 Å². The number of hydrogen-bond acceptors (Lipinski definition) is 4. The zero-order valence-electron chi connectivity index (χ0n) is 17.6. The van der Waals surface area contributed by atoms with E-state index < -0.39 is 29.0 Å². The maximum atomic E-state index is 13.7. The first-order valence-corrected chi connectivity index (χ1v) is 10.1. The van der Waals surface area contributed by atoms with Crippen molar-refractivity contribution < 1.29 is 22.7 Å². The van der Waals surface area contributed by atoms with Crippen LogP contribution in [0.4, 0.5) is 18.9 Å². The highest BCUT2D eigenvalue weighted by molar-refractivity contribution is 5.94. The molecule has 168 valence electrons. The molecule has 10 heteroatoms. The smallest absolute Gasteiger partial charge is 0.246 e. The Hall–Kier alpha value is -2.33. The molecular weight excluding hydrogens is 399 g/mol. The number of morpholine rings is 1. The van der Waals surface area contributed by atoms with Crippen molar-refractivity contribution in [1.29, 1.82) is 0 Å². The Bertz CT molecular complexity index is 745. The number of carbonyl (C=O) groups is 1. The van der Waals surface area contributed by atoms with E-state index in [9.17, 15) is 18.0 Å². The molecule has 0 bridgehead atoms. The molecule has 0 aromatic heterocycles. The van der Waals surface area contributed by atoms with Gasteiger partial charge in [0.05, 0.1) is 18.4 Å². The lowest BCUT2D eigenvalue weighted by Crippen LogP contribution is -2.50. The third-order valence-corrected chi connectivity index (χ3v) is 4.38. The Balaban J connectivity index is 1.87. The fourth-order valence-electron chi connectivity index (χ4n) is 3.10. The lowest BCUT2D eigenvalue weighted by Gasteiger charge is -2.34. The van der Waals surface area contributed by atoms with Crippen molar-refractivity contribution in [1.82, 2.24) is 15.5 Å². The summed E-state index contributed by atoms with van der Waals surface area (Å²) in [6.07, 6.45) is -0.00790. The average molecular weight is 429 g/mol. The predicted molar refractivity (Wildman–Crippen MR) is 110 cm³/mol. The molecule has 0 saturated carbocycles. The van der Waals surface area contributed by atoms with Gasteiger partial charge in [0, 0.05) is 32.7 Å². The summed E-state index contributed by atoms with van der Waals surface area (Å²) in [5.74, 6) is -4.08. The maximum Gasteiger partial charge on any atom is 0.246 e. The summed E-state index contributed by atoms with van der Waals surface area (Å²) >= 11 is 0. The average Bonchev–Trinajstić information content (AvgIpc) is 2.70. The van der Waals surface area contributed by atoms with Gasteiger partial charge < -0.3 is 20.7 Å². The van der Waals surface area contributed by atoms with E-state index in [0.717, 1.165) is 31.8 Å². The molecule has 0 aliphatic carbocycles. The molecule has 0 radical (unpaired) electrons. The van der Waals surface area contributed by atoms with Crippen LogP contribution < -0.4 is 16.0 Å². The first-order valence-electron chi connectivity index (χ1n) is 10.1. The van der Waals surface area contributed by atoms with Crippen LogP contribution in [-0.4, -0.2) is 68.7 Å². The second-order valence-electron chi connectivity index (χ2n) is 7.49. The Kier molecular flexibility index (Phi) is 9.38. The predicted octanol–water partition coefficient (Wildman–Crippen LogP) is 1.95. The Morgan fingerprint density at radius 3 is 2.73 bits per heavy atom. The number of guanidine groups is 1. The molecule has 2 rings (SSSR count). The molecule has 1 fully saturated rings. The first-order chi connectivity index (χ1) is 14.3. The number of aliphatic imine (C=N–C) groups is 1. The highest BCUT2D eigenvalue weighted by Crippen LogP contribution is 2.19. The van der Waals surface area contributed by atoms with Crippen molar-refractivity contribution in [3.05, 3.63) is 29.6 Å². The van der Waals surface area contributed by atoms with Crippen LogP contribution in [0, 0.1) is 23.4 Å². The van der Waals surface area contributed by atoms with Gasteiger partial charge in [-0.2, -0.15) is 0 Å². The van der Waals surface area contributed by atoms with E-state index in [-0.39, 0.29) is 12.6 Å². The van der Waals surface area contributed by atoms with Crippen LogP contribution in [0.5, 0.6) is 0 Å². The lowest BCUT2D eigenvalue weighted by atomic mass is 10.2. The van der Waals surface area contributed by atoms with Gasteiger partial charge in [0.1, 0.15) is 6.54 Å². The quantitative estimate of drug-likeness (QED) is 0.335. The Morgan fingerprint density at radius 2 is 2.03 bits per heavy atom. The fourth-order valence-corrected chi connectivity index (χ4v) is 3.10. The molecule has 1 aliphatic heterocycles. The van der Waals surface area contributed by atoms with Crippen molar-refractivity contribution in [2.75, 3.05) is 51.2 Å². The molecule has 3 N–H and O–H groups in total. The standard InChI is InChI=1S/C20H30F3N5O2/c1-4-24-20(25-9-14-12-28(7-8-30-14)11-13(2)3)26-10-17(29)27-16-6-5-15(21)18(22)19(16)23/h5-6,13-14H,4,7-12H2,1-3H3,(H,27,29)(H2,24,25,26). The number of amides is 1. The molecule has 7 nitrogen and oxygen atoms in total. The third kappa shape index (κ3) is 7.49. The van der Waals surface area contributed by atoms with Crippen LogP contribution in [0.15, 0.2) is 17.1 Å². The summed E-state index contributed by atoms with van der Waals surface area (Å²) in [6, 6.07) is 1.71. The first kappa shape index (κ1) is 23.9. The van der Waals surface area contributed by atoms with Gasteiger partial charge in [0.2, 0.25) is 5.91 Å². The van der Waals surface area contributed by atoms with Crippen molar-refractivity contribution in [3.63, 3.8) is 0 Å². The number of nitrogens with zero attached hydrogens (tertiary/aromatic N) is 2.